The van der Waals surface area contributed by atoms with E-state index >= 15 is 0 Å². The van der Waals surface area contributed by atoms with Gasteiger partial charge in [0.25, 0.3) is 5.91 Å². The van der Waals surface area contributed by atoms with Crippen LogP contribution in [0.3, 0.4) is 0 Å². The van der Waals surface area contributed by atoms with E-state index in [0.29, 0.717) is 14.6 Å². The highest BCUT2D eigenvalue weighted by molar-refractivity contribution is 9.11. The molecule has 2 N–H and O–H groups in total. The summed E-state index contributed by atoms with van der Waals surface area (Å²) >= 11 is 6.30. The first-order chi connectivity index (χ1) is 8.99. The molecule has 98 valence electrons. The molecule has 0 saturated heterocycles. The predicted molar refractivity (Wildman–Crippen MR) is 77.9 cm³/mol. The van der Waals surface area contributed by atoms with Gasteiger partial charge in [-0.05, 0) is 56.1 Å². The maximum absolute atomic E-state index is 13.4. The van der Waals surface area contributed by atoms with Gasteiger partial charge in [-0.1, -0.05) is 12.1 Å². The van der Waals surface area contributed by atoms with Gasteiger partial charge in [-0.2, -0.15) is 0 Å². The zero-order chi connectivity index (χ0) is 14.0. The Bertz CT molecular complexity index is 623. The molecule has 0 aliphatic carbocycles. The SMILES string of the molecule is O=C(Nc1cc(Br)c(O)c(Br)c1)c1ccccc1F. The normalized spacial score (nSPS) is 10.3. The first-order valence-corrected chi connectivity index (χ1v) is 6.81. The fourth-order valence-corrected chi connectivity index (χ4v) is 2.67. The monoisotopic (exact) mass is 387 g/mol. The third-order valence-electron chi connectivity index (χ3n) is 2.39. The van der Waals surface area contributed by atoms with Crippen LogP contribution in [-0.4, -0.2) is 11.0 Å². The van der Waals surface area contributed by atoms with Crippen LogP contribution in [0, 0.1) is 5.82 Å². The number of carbonyl (C=O) groups is 1. The smallest absolute Gasteiger partial charge is 0.258 e. The first-order valence-electron chi connectivity index (χ1n) is 5.23. The minimum Gasteiger partial charge on any atom is -0.506 e. The lowest BCUT2D eigenvalue weighted by molar-refractivity contribution is 0.102. The summed E-state index contributed by atoms with van der Waals surface area (Å²) in [6.07, 6.45) is 0. The molecule has 0 spiro atoms. The molecule has 2 aromatic carbocycles. The molecule has 0 heterocycles. The summed E-state index contributed by atoms with van der Waals surface area (Å²) < 4.78 is 14.3. The summed E-state index contributed by atoms with van der Waals surface area (Å²) in [6.45, 7) is 0. The number of benzene rings is 2. The summed E-state index contributed by atoms with van der Waals surface area (Å²) in [7, 11) is 0. The number of phenols is 1. The van der Waals surface area contributed by atoms with E-state index in [1.54, 1.807) is 6.07 Å². The maximum atomic E-state index is 13.4. The van der Waals surface area contributed by atoms with Gasteiger partial charge >= 0.3 is 0 Å². The Morgan fingerprint density at radius 3 is 2.32 bits per heavy atom. The van der Waals surface area contributed by atoms with Gasteiger partial charge in [0.15, 0.2) is 0 Å². The molecule has 0 fully saturated rings. The molecule has 0 aliphatic rings. The number of rotatable bonds is 2. The van der Waals surface area contributed by atoms with E-state index < -0.39 is 11.7 Å². The fourth-order valence-electron chi connectivity index (χ4n) is 1.48. The molecule has 6 heteroatoms. The molecule has 1 amide bonds. The molecule has 0 bridgehead atoms. The number of aromatic hydroxyl groups is 1. The standard InChI is InChI=1S/C13H8Br2FNO2/c14-9-5-7(6-10(15)12(9)18)17-13(19)8-3-1-2-4-11(8)16/h1-6,18H,(H,17,19). The molecule has 0 atom stereocenters. The van der Waals surface area contributed by atoms with E-state index in [1.807, 2.05) is 0 Å². The number of nitrogens with one attached hydrogen (secondary N) is 1. The van der Waals surface area contributed by atoms with Crippen molar-refractivity contribution in [2.75, 3.05) is 5.32 Å². The number of anilines is 1. The number of hydrogen-bond acceptors (Lipinski definition) is 2. The highest BCUT2D eigenvalue weighted by atomic mass is 79.9. The molecule has 0 aromatic heterocycles. The van der Waals surface area contributed by atoms with Crippen LogP contribution in [0.15, 0.2) is 45.3 Å². The van der Waals surface area contributed by atoms with Gasteiger partial charge in [-0.3, -0.25) is 4.79 Å². The molecule has 2 rings (SSSR count). The van der Waals surface area contributed by atoms with E-state index in [4.69, 9.17) is 0 Å². The average Bonchev–Trinajstić information content (AvgIpc) is 2.36. The molecule has 0 radical (unpaired) electrons. The number of phenolic OH excluding ortho intramolecular Hbond substituents is 1. The van der Waals surface area contributed by atoms with E-state index in [0.717, 1.165) is 0 Å². The summed E-state index contributed by atoms with van der Waals surface area (Å²) in [5.74, 6) is -1.11. The number of amides is 1. The van der Waals surface area contributed by atoms with Gasteiger partial charge in [0.1, 0.15) is 11.6 Å². The van der Waals surface area contributed by atoms with Crippen LogP contribution < -0.4 is 5.32 Å². The van der Waals surface area contributed by atoms with Gasteiger partial charge in [0.2, 0.25) is 0 Å². The molecular weight excluding hydrogens is 381 g/mol. The first kappa shape index (κ1) is 14.0. The third-order valence-corrected chi connectivity index (χ3v) is 3.60. The Morgan fingerprint density at radius 1 is 1.16 bits per heavy atom. The van der Waals surface area contributed by atoms with Gasteiger partial charge in [-0.15, -0.1) is 0 Å². The van der Waals surface area contributed by atoms with Crippen molar-refractivity contribution in [1.29, 1.82) is 0 Å². The number of carbonyl (C=O) groups excluding carboxylic acids is 1. The van der Waals surface area contributed by atoms with Crippen LogP contribution in [0.5, 0.6) is 5.75 Å². The Kier molecular flexibility index (Phi) is 4.21. The Hall–Kier alpha value is -1.40. The summed E-state index contributed by atoms with van der Waals surface area (Å²) in [6, 6.07) is 8.77. The highest BCUT2D eigenvalue weighted by Crippen LogP contribution is 2.35. The summed E-state index contributed by atoms with van der Waals surface area (Å²) in [5, 5.41) is 12.1. The predicted octanol–water partition coefficient (Wildman–Crippen LogP) is 4.31. The third kappa shape index (κ3) is 3.13. The van der Waals surface area contributed by atoms with Gasteiger partial charge < -0.3 is 10.4 Å². The largest absolute Gasteiger partial charge is 0.506 e. The lowest BCUT2D eigenvalue weighted by Gasteiger charge is -2.08. The lowest BCUT2D eigenvalue weighted by Crippen LogP contribution is -2.13. The van der Waals surface area contributed by atoms with E-state index in [2.05, 4.69) is 37.2 Å². The van der Waals surface area contributed by atoms with Crippen molar-refractivity contribution >= 4 is 43.5 Å². The molecule has 2 aromatic rings. The second-order valence-corrected chi connectivity index (χ2v) is 5.43. The van der Waals surface area contributed by atoms with E-state index in [9.17, 15) is 14.3 Å². The zero-order valence-electron chi connectivity index (χ0n) is 9.45. The van der Waals surface area contributed by atoms with Gasteiger partial charge in [-0.25, -0.2) is 4.39 Å². The van der Waals surface area contributed by atoms with Gasteiger partial charge in [0, 0.05) is 5.69 Å². The lowest BCUT2D eigenvalue weighted by atomic mass is 10.2. The van der Waals surface area contributed by atoms with Crippen molar-refractivity contribution < 1.29 is 14.3 Å². The van der Waals surface area contributed by atoms with Crippen LogP contribution in [0.4, 0.5) is 10.1 Å². The molecule has 0 aliphatic heterocycles. The zero-order valence-corrected chi connectivity index (χ0v) is 12.6. The minimum absolute atomic E-state index is 0.0314. The second kappa shape index (κ2) is 5.71. The topological polar surface area (TPSA) is 49.3 Å². The minimum atomic E-state index is -0.586. The molecule has 19 heavy (non-hydrogen) atoms. The Labute approximate surface area is 125 Å². The van der Waals surface area contributed by atoms with Crippen molar-refractivity contribution in [1.82, 2.24) is 0 Å². The van der Waals surface area contributed by atoms with Crippen molar-refractivity contribution in [2.45, 2.75) is 0 Å². The molecule has 0 saturated carbocycles. The van der Waals surface area contributed by atoms with Crippen LogP contribution in [0.2, 0.25) is 0 Å². The van der Waals surface area contributed by atoms with E-state index in [-0.39, 0.29) is 11.3 Å². The number of halogens is 3. The second-order valence-electron chi connectivity index (χ2n) is 3.72. The average molecular weight is 389 g/mol. The fraction of sp³-hybridized carbons (Fsp3) is 0. The molecular formula is C13H8Br2FNO2. The maximum Gasteiger partial charge on any atom is 0.258 e. The highest BCUT2D eigenvalue weighted by Gasteiger charge is 2.13. The molecule has 0 unspecified atom stereocenters. The summed E-state index contributed by atoms with van der Waals surface area (Å²) in [4.78, 5) is 11.9. The number of hydrogen-bond donors (Lipinski definition) is 2. The van der Waals surface area contributed by atoms with Crippen molar-refractivity contribution in [3.8, 4) is 5.75 Å². The van der Waals surface area contributed by atoms with Crippen molar-refractivity contribution in [2.24, 2.45) is 0 Å². The van der Waals surface area contributed by atoms with Crippen LogP contribution >= 0.6 is 31.9 Å². The van der Waals surface area contributed by atoms with Crippen LogP contribution in [0.1, 0.15) is 10.4 Å². The van der Waals surface area contributed by atoms with Crippen molar-refractivity contribution in [3.63, 3.8) is 0 Å². The van der Waals surface area contributed by atoms with Crippen molar-refractivity contribution in [3.05, 3.63) is 56.7 Å². The Balaban J connectivity index is 2.27. The van der Waals surface area contributed by atoms with Crippen LogP contribution in [-0.2, 0) is 0 Å². The quantitative estimate of drug-likeness (QED) is 0.753. The molecule has 3 nitrogen and oxygen atoms in total. The van der Waals surface area contributed by atoms with Gasteiger partial charge in [0.05, 0.1) is 14.5 Å². The van der Waals surface area contributed by atoms with E-state index in [1.165, 1.54) is 30.3 Å². The summed E-state index contributed by atoms with van der Waals surface area (Å²) in [5.41, 5.74) is 0.396. The van der Waals surface area contributed by atoms with Crippen LogP contribution in [0.25, 0.3) is 0 Å². The Morgan fingerprint density at radius 2 is 1.74 bits per heavy atom.